The maximum absolute atomic E-state index is 12.2. The third-order valence-electron chi connectivity index (χ3n) is 4.09. The number of aromatic nitrogens is 1. The molecule has 0 saturated heterocycles. The minimum Gasteiger partial charge on any atom is -0.385 e. The Bertz CT molecular complexity index is 839. The van der Waals surface area contributed by atoms with Crippen molar-refractivity contribution < 1.29 is 9.90 Å². The van der Waals surface area contributed by atoms with Gasteiger partial charge in [-0.15, -0.1) is 0 Å². The first-order chi connectivity index (χ1) is 11.6. The third-order valence-corrected chi connectivity index (χ3v) is 4.09. The topological polar surface area (TPSA) is 62.2 Å². The number of benzene rings is 2. The van der Waals surface area contributed by atoms with Crippen molar-refractivity contribution in [1.29, 1.82) is 0 Å². The van der Waals surface area contributed by atoms with E-state index in [9.17, 15) is 9.90 Å². The van der Waals surface area contributed by atoms with E-state index in [1.807, 2.05) is 60.7 Å². The van der Waals surface area contributed by atoms with E-state index in [0.29, 0.717) is 6.54 Å². The van der Waals surface area contributed by atoms with Gasteiger partial charge in [0.05, 0.1) is 17.5 Å². The fourth-order valence-corrected chi connectivity index (χ4v) is 2.78. The molecule has 0 aliphatic heterocycles. The van der Waals surface area contributed by atoms with Gasteiger partial charge in [-0.1, -0.05) is 54.6 Å². The average Bonchev–Trinajstić information content (AvgIpc) is 2.60. The summed E-state index contributed by atoms with van der Waals surface area (Å²) in [7, 11) is 0. The summed E-state index contributed by atoms with van der Waals surface area (Å²) >= 11 is 0. The van der Waals surface area contributed by atoms with Gasteiger partial charge in [-0.3, -0.25) is 9.78 Å². The lowest BCUT2D eigenvalue weighted by atomic mass is 9.92. The highest BCUT2D eigenvalue weighted by molar-refractivity contribution is 5.82. The zero-order valence-corrected chi connectivity index (χ0v) is 13.6. The van der Waals surface area contributed by atoms with Crippen LogP contribution < -0.4 is 5.32 Å². The van der Waals surface area contributed by atoms with E-state index in [1.54, 1.807) is 13.1 Å². The first kappa shape index (κ1) is 16.1. The summed E-state index contributed by atoms with van der Waals surface area (Å²) in [5, 5.41) is 14.5. The molecule has 1 atom stereocenters. The van der Waals surface area contributed by atoms with Crippen molar-refractivity contribution >= 4 is 16.8 Å². The minimum atomic E-state index is -1.19. The molecule has 3 aromatic rings. The van der Waals surface area contributed by atoms with Crippen LogP contribution in [0.4, 0.5) is 0 Å². The smallest absolute Gasteiger partial charge is 0.223 e. The molecule has 0 aliphatic rings. The Morgan fingerprint density at radius 2 is 1.83 bits per heavy atom. The summed E-state index contributed by atoms with van der Waals surface area (Å²) in [5.41, 5.74) is 1.38. The Morgan fingerprint density at radius 1 is 1.08 bits per heavy atom. The lowest BCUT2D eigenvalue weighted by Crippen LogP contribution is -2.32. The lowest BCUT2D eigenvalue weighted by molar-refractivity contribution is -0.126. The Balaban J connectivity index is 1.67. The molecular weight excluding hydrogens is 300 g/mol. The van der Waals surface area contributed by atoms with E-state index in [2.05, 4.69) is 10.3 Å². The van der Waals surface area contributed by atoms with Crippen LogP contribution in [-0.2, 0) is 16.9 Å². The lowest BCUT2D eigenvalue weighted by Gasteiger charge is -2.23. The predicted octanol–water partition coefficient (Wildman–Crippen LogP) is 3.15. The molecule has 122 valence electrons. The number of fused-ring (bicyclic) bond motifs is 1. The van der Waals surface area contributed by atoms with Crippen LogP contribution in [0.3, 0.4) is 0 Å². The molecule has 2 aromatic carbocycles. The second kappa shape index (κ2) is 6.81. The SMILES string of the molecule is CC(O)(CC(=O)NCc1cccc2cccnc12)c1ccccc1. The maximum Gasteiger partial charge on any atom is 0.223 e. The molecule has 0 bridgehead atoms. The van der Waals surface area contributed by atoms with Crippen LogP contribution in [-0.4, -0.2) is 16.0 Å². The zero-order chi connectivity index (χ0) is 17.0. The van der Waals surface area contributed by atoms with Gasteiger partial charge in [0.2, 0.25) is 5.91 Å². The minimum absolute atomic E-state index is 0.00913. The van der Waals surface area contributed by atoms with Crippen LogP contribution >= 0.6 is 0 Å². The van der Waals surface area contributed by atoms with Gasteiger partial charge in [-0.25, -0.2) is 0 Å². The number of carbonyl (C=O) groups excluding carboxylic acids is 1. The highest BCUT2D eigenvalue weighted by Crippen LogP contribution is 2.24. The van der Waals surface area contributed by atoms with Crippen molar-refractivity contribution in [3.8, 4) is 0 Å². The van der Waals surface area contributed by atoms with Crippen molar-refractivity contribution in [1.82, 2.24) is 10.3 Å². The van der Waals surface area contributed by atoms with Crippen LogP contribution in [0.15, 0.2) is 66.9 Å². The van der Waals surface area contributed by atoms with Crippen molar-refractivity contribution in [2.45, 2.75) is 25.5 Å². The number of hydrogen-bond acceptors (Lipinski definition) is 3. The van der Waals surface area contributed by atoms with Crippen LogP contribution in [0.1, 0.15) is 24.5 Å². The number of hydrogen-bond donors (Lipinski definition) is 2. The molecule has 1 aromatic heterocycles. The van der Waals surface area contributed by atoms with Gasteiger partial charge < -0.3 is 10.4 Å². The predicted molar refractivity (Wildman–Crippen MR) is 94.2 cm³/mol. The Hall–Kier alpha value is -2.72. The molecular formula is C20H20N2O2. The van der Waals surface area contributed by atoms with Gasteiger partial charge in [0.25, 0.3) is 0 Å². The number of carbonyl (C=O) groups is 1. The number of rotatable bonds is 5. The number of para-hydroxylation sites is 1. The van der Waals surface area contributed by atoms with Crippen LogP contribution in [0.2, 0.25) is 0 Å². The van der Waals surface area contributed by atoms with Crippen molar-refractivity contribution in [2.24, 2.45) is 0 Å². The molecule has 4 heteroatoms. The highest BCUT2D eigenvalue weighted by atomic mass is 16.3. The fourth-order valence-electron chi connectivity index (χ4n) is 2.78. The van der Waals surface area contributed by atoms with Crippen molar-refractivity contribution in [3.63, 3.8) is 0 Å². The summed E-state index contributed by atoms with van der Waals surface area (Å²) in [4.78, 5) is 16.6. The monoisotopic (exact) mass is 320 g/mol. The quantitative estimate of drug-likeness (QED) is 0.759. The van der Waals surface area contributed by atoms with Gasteiger partial charge in [-0.05, 0) is 24.1 Å². The molecule has 3 rings (SSSR count). The number of pyridine rings is 1. The summed E-state index contributed by atoms with van der Waals surface area (Å²) in [6.07, 6.45) is 1.75. The maximum atomic E-state index is 12.2. The molecule has 1 unspecified atom stereocenters. The number of nitrogens with one attached hydrogen (secondary N) is 1. The number of amides is 1. The van der Waals surface area contributed by atoms with Crippen LogP contribution in [0.25, 0.3) is 10.9 Å². The first-order valence-electron chi connectivity index (χ1n) is 7.93. The summed E-state index contributed by atoms with van der Waals surface area (Å²) in [6.45, 7) is 2.04. The summed E-state index contributed by atoms with van der Waals surface area (Å²) in [5.74, 6) is -0.197. The standard InChI is InChI=1S/C20H20N2O2/c1-20(24,17-10-3-2-4-11-17)13-18(23)22-14-16-8-5-7-15-9-6-12-21-19(15)16/h2-12,24H,13-14H2,1H3,(H,22,23). The van der Waals surface area contributed by atoms with Gasteiger partial charge in [0.15, 0.2) is 0 Å². The zero-order valence-electron chi connectivity index (χ0n) is 13.6. The molecule has 0 spiro atoms. The average molecular weight is 320 g/mol. The molecule has 0 radical (unpaired) electrons. The Morgan fingerprint density at radius 3 is 2.62 bits per heavy atom. The number of nitrogens with zero attached hydrogens (tertiary/aromatic N) is 1. The molecule has 0 saturated carbocycles. The second-order valence-electron chi connectivity index (χ2n) is 6.09. The molecule has 1 heterocycles. The van der Waals surface area contributed by atoms with E-state index in [0.717, 1.165) is 22.0 Å². The van der Waals surface area contributed by atoms with E-state index in [1.165, 1.54) is 0 Å². The normalized spacial score (nSPS) is 13.4. The van der Waals surface area contributed by atoms with Crippen molar-refractivity contribution in [3.05, 3.63) is 78.0 Å². The first-order valence-corrected chi connectivity index (χ1v) is 7.93. The van der Waals surface area contributed by atoms with Crippen LogP contribution in [0, 0.1) is 0 Å². The molecule has 4 nitrogen and oxygen atoms in total. The summed E-state index contributed by atoms with van der Waals surface area (Å²) in [6, 6.07) is 19.0. The third kappa shape index (κ3) is 3.60. The van der Waals surface area contributed by atoms with E-state index in [-0.39, 0.29) is 12.3 Å². The Labute approximate surface area is 141 Å². The molecule has 24 heavy (non-hydrogen) atoms. The summed E-state index contributed by atoms with van der Waals surface area (Å²) < 4.78 is 0. The molecule has 0 fully saturated rings. The van der Waals surface area contributed by atoms with Gasteiger partial charge in [0.1, 0.15) is 0 Å². The fraction of sp³-hybridized carbons (Fsp3) is 0.200. The highest BCUT2D eigenvalue weighted by Gasteiger charge is 2.26. The molecule has 0 aliphatic carbocycles. The largest absolute Gasteiger partial charge is 0.385 e. The van der Waals surface area contributed by atoms with Crippen molar-refractivity contribution in [2.75, 3.05) is 0 Å². The van der Waals surface area contributed by atoms with E-state index < -0.39 is 5.60 Å². The molecule has 1 amide bonds. The van der Waals surface area contributed by atoms with E-state index >= 15 is 0 Å². The van der Waals surface area contributed by atoms with E-state index in [4.69, 9.17) is 0 Å². The van der Waals surface area contributed by atoms with Gasteiger partial charge >= 0.3 is 0 Å². The second-order valence-corrected chi connectivity index (χ2v) is 6.09. The van der Waals surface area contributed by atoms with Gasteiger partial charge in [-0.2, -0.15) is 0 Å². The number of aliphatic hydroxyl groups is 1. The van der Waals surface area contributed by atoms with Crippen LogP contribution in [0.5, 0.6) is 0 Å². The van der Waals surface area contributed by atoms with Gasteiger partial charge in [0, 0.05) is 18.1 Å². The Kier molecular flexibility index (Phi) is 4.58. The molecule has 2 N–H and O–H groups in total.